The minimum absolute atomic E-state index is 0.160. The van der Waals surface area contributed by atoms with Gasteiger partial charge in [0, 0.05) is 11.4 Å². The quantitative estimate of drug-likeness (QED) is 0.420. The van der Waals surface area contributed by atoms with Crippen LogP contribution in [-0.4, -0.2) is 34.3 Å². The van der Waals surface area contributed by atoms with Crippen LogP contribution >= 0.6 is 0 Å². The zero-order valence-corrected chi connectivity index (χ0v) is 9.95. The summed E-state index contributed by atoms with van der Waals surface area (Å²) in [7, 11) is 0. The predicted octanol–water partition coefficient (Wildman–Crippen LogP) is -0.767. The molecule has 8 nitrogen and oxygen atoms in total. The third-order valence-electron chi connectivity index (χ3n) is 2.32. The number of aliphatic carboxylic acids is 2. The van der Waals surface area contributed by atoms with Gasteiger partial charge in [-0.1, -0.05) is 0 Å². The average Bonchev–Trinajstić information content (AvgIpc) is 2.26. The molecule has 0 saturated carbocycles. The van der Waals surface area contributed by atoms with Crippen LogP contribution in [0.4, 0.5) is 11.4 Å². The monoisotopic (exact) mass is 269 g/mol. The summed E-state index contributed by atoms with van der Waals surface area (Å²) < 4.78 is 5.01. The lowest BCUT2D eigenvalue weighted by atomic mass is 10.1. The van der Waals surface area contributed by atoms with Gasteiger partial charge in [0.15, 0.2) is 6.10 Å². The fourth-order valence-corrected chi connectivity index (χ4v) is 1.47. The molecule has 0 aromatic heterocycles. The highest BCUT2D eigenvalue weighted by Crippen LogP contribution is 2.15. The van der Waals surface area contributed by atoms with Gasteiger partial charge in [0.05, 0.1) is 6.61 Å². The number of ether oxygens (including phenoxy) is 1. The third-order valence-corrected chi connectivity index (χ3v) is 2.32. The van der Waals surface area contributed by atoms with Crippen molar-refractivity contribution in [3.05, 3.63) is 23.8 Å². The molecule has 0 amide bonds. The maximum absolute atomic E-state index is 10.9. The molecule has 0 aliphatic heterocycles. The predicted molar refractivity (Wildman–Crippen MR) is 67.1 cm³/mol. The SMILES string of the molecule is Nc1cc(N)cc(CO[C@H](C(=O)O)[C@H](N)C(=O)O)c1. The smallest absolute Gasteiger partial charge is 0.335 e. The van der Waals surface area contributed by atoms with Crippen molar-refractivity contribution in [2.45, 2.75) is 18.8 Å². The molecule has 1 rings (SSSR count). The van der Waals surface area contributed by atoms with Crippen LogP contribution in [0.3, 0.4) is 0 Å². The Kier molecular flexibility index (Phi) is 4.67. The molecule has 0 saturated heterocycles. The fraction of sp³-hybridized carbons (Fsp3) is 0.273. The first-order valence-corrected chi connectivity index (χ1v) is 5.29. The lowest BCUT2D eigenvalue weighted by Gasteiger charge is -2.17. The Morgan fingerprint density at radius 2 is 1.63 bits per heavy atom. The molecule has 2 atom stereocenters. The van der Waals surface area contributed by atoms with Crippen LogP contribution in [0.5, 0.6) is 0 Å². The highest BCUT2D eigenvalue weighted by Gasteiger charge is 2.31. The van der Waals surface area contributed by atoms with E-state index in [-0.39, 0.29) is 6.61 Å². The molecule has 8 heteroatoms. The molecule has 0 unspecified atom stereocenters. The first-order valence-electron chi connectivity index (χ1n) is 5.29. The minimum Gasteiger partial charge on any atom is -0.480 e. The molecule has 0 bridgehead atoms. The molecule has 0 aliphatic rings. The summed E-state index contributed by atoms with van der Waals surface area (Å²) in [5.74, 6) is -2.91. The topological polar surface area (TPSA) is 162 Å². The van der Waals surface area contributed by atoms with Crippen molar-refractivity contribution in [2.24, 2.45) is 5.73 Å². The Morgan fingerprint density at radius 1 is 1.11 bits per heavy atom. The maximum atomic E-state index is 10.9. The van der Waals surface area contributed by atoms with Crippen LogP contribution in [0.1, 0.15) is 5.56 Å². The van der Waals surface area contributed by atoms with Gasteiger partial charge >= 0.3 is 11.9 Å². The molecule has 104 valence electrons. The zero-order chi connectivity index (χ0) is 14.6. The number of nitrogen functional groups attached to an aromatic ring is 2. The zero-order valence-electron chi connectivity index (χ0n) is 9.95. The Morgan fingerprint density at radius 3 is 2.05 bits per heavy atom. The number of nitrogens with two attached hydrogens (primary N) is 3. The van der Waals surface area contributed by atoms with Crippen molar-refractivity contribution in [1.29, 1.82) is 0 Å². The van der Waals surface area contributed by atoms with Crippen molar-refractivity contribution in [3.8, 4) is 0 Å². The standard InChI is InChI=1S/C11H15N3O5/c12-6-1-5(2-7(13)3-6)4-19-9(11(17)18)8(14)10(15)16/h1-3,8-9H,4,12-14H2,(H,15,16)(H,17,18)/t8-,9-/m0/s1. The molecule has 0 spiro atoms. The van der Waals surface area contributed by atoms with Crippen LogP contribution < -0.4 is 17.2 Å². The van der Waals surface area contributed by atoms with Crippen molar-refractivity contribution < 1.29 is 24.5 Å². The summed E-state index contributed by atoms with van der Waals surface area (Å²) in [6.45, 7) is -0.160. The summed E-state index contributed by atoms with van der Waals surface area (Å²) in [6.07, 6.45) is -1.65. The number of hydrogen-bond donors (Lipinski definition) is 5. The van der Waals surface area contributed by atoms with E-state index in [4.69, 9.17) is 32.2 Å². The van der Waals surface area contributed by atoms with E-state index in [1.54, 1.807) is 12.1 Å². The normalized spacial score (nSPS) is 13.7. The number of carbonyl (C=O) groups is 2. The Balaban J connectivity index is 2.76. The lowest BCUT2D eigenvalue weighted by molar-refractivity contribution is -0.159. The van der Waals surface area contributed by atoms with Gasteiger partial charge < -0.3 is 32.2 Å². The highest BCUT2D eigenvalue weighted by molar-refractivity contribution is 5.84. The molecule has 1 aromatic rings. The Bertz CT molecular complexity index is 471. The first kappa shape index (κ1) is 14.7. The van der Waals surface area contributed by atoms with Gasteiger partial charge in [-0.05, 0) is 23.8 Å². The van der Waals surface area contributed by atoms with E-state index in [1.807, 2.05) is 0 Å². The molecule has 19 heavy (non-hydrogen) atoms. The van der Waals surface area contributed by atoms with Crippen molar-refractivity contribution in [1.82, 2.24) is 0 Å². The van der Waals surface area contributed by atoms with E-state index < -0.39 is 24.1 Å². The fourth-order valence-electron chi connectivity index (χ4n) is 1.47. The number of anilines is 2. The molecule has 0 heterocycles. The Labute approximate surface area is 108 Å². The van der Waals surface area contributed by atoms with Gasteiger partial charge in [-0.3, -0.25) is 4.79 Å². The summed E-state index contributed by atoms with van der Waals surface area (Å²) >= 11 is 0. The van der Waals surface area contributed by atoms with Crippen LogP contribution in [0.25, 0.3) is 0 Å². The maximum Gasteiger partial charge on any atom is 0.335 e. The minimum atomic E-state index is -1.66. The van der Waals surface area contributed by atoms with Gasteiger partial charge in [-0.15, -0.1) is 0 Å². The van der Waals surface area contributed by atoms with Crippen LogP contribution in [0.2, 0.25) is 0 Å². The van der Waals surface area contributed by atoms with Gasteiger partial charge in [-0.25, -0.2) is 4.79 Å². The highest BCUT2D eigenvalue weighted by atomic mass is 16.5. The van der Waals surface area contributed by atoms with Crippen molar-refractivity contribution in [3.63, 3.8) is 0 Å². The third kappa shape index (κ3) is 4.12. The second-order valence-corrected chi connectivity index (χ2v) is 3.94. The molecule has 8 N–H and O–H groups in total. The van der Waals surface area contributed by atoms with Crippen LogP contribution in [-0.2, 0) is 20.9 Å². The van der Waals surface area contributed by atoms with Crippen LogP contribution in [0, 0.1) is 0 Å². The Hall–Kier alpha value is -2.32. The second kappa shape index (κ2) is 6.03. The average molecular weight is 269 g/mol. The molecular formula is C11H15N3O5. The molecule has 0 fully saturated rings. The first-order chi connectivity index (χ1) is 8.81. The van der Waals surface area contributed by atoms with E-state index in [2.05, 4.69) is 0 Å². The van der Waals surface area contributed by atoms with Crippen molar-refractivity contribution in [2.75, 3.05) is 11.5 Å². The van der Waals surface area contributed by atoms with E-state index in [1.165, 1.54) is 6.07 Å². The summed E-state index contributed by atoms with van der Waals surface area (Å²) in [4.78, 5) is 21.5. The van der Waals surface area contributed by atoms with E-state index in [9.17, 15) is 9.59 Å². The van der Waals surface area contributed by atoms with E-state index in [0.29, 0.717) is 16.9 Å². The summed E-state index contributed by atoms with van der Waals surface area (Å²) in [5, 5.41) is 17.5. The van der Waals surface area contributed by atoms with Gasteiger partial charge in [0.2, 0.25) is 0 Å². The van der Waals surface area contributed by atoms with E-state index in [0.717, 1.165) is 0 Å². The molecular weight excluding hydrogens is 254 g/mol. The number of hydrogen-bond acceptors (Lipinski definition) is 6. The van der Waals surface area contributed by atoms with Crippen molar-refractivity contribution >= 4 is 23.3 Å². The summed E-state index contributed by atoms with van der Waals surface area (Å²) in [6, 6.07) is 2.96. The second-order valence-electron chi connectivity index (χ2n) is 3.94. The largest absolute Gasteiger partial charge is 0.480 e. The van der Waals surface area contributed by atoms with Gasteiger partial charge in [-0.2, -0.15) is 0 Å². The van der Waals surface area contributed by atoms with Gasteiger partial charge in [0.25, 0.3) is 0 Å². The number of carboxylic acid groups (broad SMARTS) is 2. The molecule has 0 aliphatic carbocycles. The number of benzene rings is 1. The number of rotatable bonds is 6. The van der Waals surface area contributed by atoms with Gasteiger partial charge in [0.1, 0.15) is 6.04 Å². The molecule has 1 aromatic carbocycles. The lowest BCUT2D eigenvalue weighted by Crippen LogP contribution is -2.47. The molecule has 0 radical (unpaired) electrons. The van der Waals surface area contributed by atoms with Crippen LogP contribution in [0.15, 0.2) is 18.2 Å². The number of carboxylic acids is 2. The van der Waals surface area contributed by atoms with E-state index >= 15 is 0 Å². The summed E-state index contributed by atoms with van der Waals surface area (Å²) in [5.41, 5.74) is 17.7.